The number of carbonyl (C=O) groups is 1. The molecule has 0 unspecified atom stereocenters. The van der Waals surface area contributed by atoms with E-state index in [1.54, 1.807) is 11.9 Å². The van der Waals surface area contributed by atoms with Crippen LogP contribution in [0, 0.1) is 0 Å². The molecule has 0 rings (SSSR count). The summed E-state index contributed by atoms with van der Waals surface area (Å²) in [7, 11) is 5.40. The van der Waals surface area contributed by atoms with E-state index in [4.69, 9.17) is 5.11 Å². The Morgan fingerprint density at radius 1 is 1.31 bits per heavy atom. The lowest BCUT2D eigenvalue weighted by atomic mass is 10.1. The van der Waals surface area contributed by atoms with Crippen molar-refractivity contribution in [1.82, 2.24) is 9.80 Å². The fourth-order valence-corrected chi connectivity index (χ4v) is 0.820. The summed E-state index contributed by atoms with van der Waals surface area (Å²) >= 11 is 0. The Morgan fingerprint density at radius 3 is 2.08 bits per heavy atom. The van der Waals surface area contributed by atoms with Crippen molar-refractivity contribution < 1.29 is 9.90 Å². The summed E-state index contributed by atoms with van der Waals surface area (Å²) in [6.07, 6.45) is 0. The number of amides is 1. The van der Waals surface area contributed by atoms with Crippen LogP contribution in [0.15, 0.2) is 0 Å². The van der Waals surface area contributed by atoms with Gasteiger partial charge in [-0.2, -0.15) is 0 Å². The third-order valence-corrected chi connectivity index (χ3v) is 2.12. The Bertz CT molecular complexity index is 178. The first-order valence-corrected chi connectivity index (χ1v) is 4.33. The smallest absolute Gasteiger partial charge is 0.236 e. The summed E-state index contributed by atoms with van der Waals surface area (Å²) in [4.78, 5) is 14.9. The van der Waals surface area contributed by atoms with Gasteiger partial charge in [0.25, 0.3) is 0 Å². The number of hydrogen-bond acceptors (Lipinski definition) is 3. The van der Waals surface area contributed by atoms with E-state index in [0.717, 1.165) is 0 Å². The molecule has 0 aromatic heterocycles. The van der Waals surface area contributed by atoms with Gasteiger partial charge in [-0.25, -0.2) is 0 Å². The van der Waals surface area contributed by atoms with Gasteiger partial charge >= 0.3 is 0 Å². The molecule has 4 nitrogen and oxygen atoms in total. The van der Waals surface area contributed by atoms with Gasteiger partial charge in [0.05, 0.1) is 18.7 Å². The highest BCUT2D eigenvalue weighted by atomic mass is 16.3. The van der Waals surface area contributed by atoms with Crippen LogP contribution in [0.3, 0.4) is 0 Å². The van der Waals surface area contributed by atoms with Crippen molar-refractivity contribution in [3.8, 4) is 0 Å². The molecule has 13 heavy (non-hydrogen) atoms. The van der Waals surface area contributed by atoms with E-state index in [1.165, 1.54) is 0 Å². The number of rotatable bonds is 4. The lowest BCUT2D eigenvalue weighted by Crippen LogP contribution is -2.50. The highest BCUT2D eigenvalue weighted by molar-refractivity contribution is 5.78. The Balaban J connectivity index is 4.25. The van der Waals surface area contributed by atoms with E-state index in [-0.39, 0.29) is 12.5 Å². The molecule has 0 aliphatic heterocycles. The predicted molar refractivity (Wildman–Crippen MR) is 52.5 cm³/mol. The summed E-state index contributed by atoms with van der Waals surface area (Å²) < 4.78 is 0. The first-order chi connectivity index (χ1) is 5.81. The van der Waals surface area contributed by atoms with Crippen LogP contribution >= 0.6 is 0 Å². The highest BCUT2D eigenvalue weighted by Gasteiger charge is 2.26. The van der Waals surface area contributed by atoms with Gasteiger partial charge in [0.1, 0.15) is 0 Å². The van der Waals surface area contributed by atoms with E-state index < -0.39 is 5.54 Å². The van der Waals surface area contributed by atoms with Crippen LogP contribution in [0.4, 0.5) is 0 Å². The summed E-state index contributed by atoms with van der Waals surface area (Å²) in [5.41, 5.74) is -0.479. The molecule has 0 aliphatic carbocycles. The number of carbonyl (C=O) groups excluding carboxylic acids is 1. The number of likely N-dealkylation sites (N-methyl/N-ethyl adjacent to an activating group) is 2. The molecule has 1 amide bonds. The molecule has 0 bridgehead atoms. The van der Waals surface area contributed by atoms with Gasteiger partial charge < -0.3 is 14.9 Å². The van der Waals surface area contributed by atoms with Crippen LogP contribution in [0.5, 0.6) is 0 Å². The van der Waals surface area contributed by atoms with Crippen LogP contribution in [0.2, 0.25) is 0 Å². The molecular formula is C9H20N2O2. The molecular weight excluding hydrogens is 168 g/mol. The van der Waals surface area contributed by atoms with Gasteiger partial charge in [0.2, 0.25) is 5.91 Å². The van der Waals surface area contributed by atoms with Crippen molar-refractivity contribution in [1.29, 1.82) is 0 Å². The third kappa shape index (κ3) is 3.74. The van der Waals surface area contributed by atoms with Gasteiger partial charge in [-0.3, -0.25) is 4.79 Å². The zero-order valence-corrected chi connectivity index (χ0v) is 9.16. The van der Waals surface area contributed by atoms with Crippen LogP contribution in [0.25, 0.3) is 0 Å². The molecule has 1 N–H and O–H groups in total. The molecule has 0 heterocycles. The molecule has 0 radical (unpaired) electrons. The first-order valence-electron chi connectivity index (χ1n) is 4.33. The monoisotopic (exact) mass is 188 g/mol. The molecule has 0 saturated heterocycles. The minimum Gasteiger partial charge on any atom is -0.394 e. The van der Waals surface area contributed by atoms with E-state index in [9.17, 15) is 4.79 Å². The number of aliphatic hydroxyl groups is 1. The third-order valence-electron chi connectivity index (χ3n) is 2.12. The summed E-state index contributed by atoms with van der Waals surface area (Å²) in [6.45, 7) is 4.02. The van der Waals surface area contributed by atoms with Gasteiger partial charge in [-0.05, 0) is 27.9 Å². The second kappa shape index (κ2) is 4.58. The SMILES string of the molecule is CN(C)CC(=O)N(C)C(C)(C)CO. The minimum absolute atomic E-state index is 0.0176. The molecule has 0 fully saturated rings. The molecule has 4 heteroatoms. The van der Waals surface area contributed by atoms with Crippen molar-refractivity contribution in [2.75, 3.05) is 34.3 Å². The highest BCUT2D eigenvalue weighted by Crippen LogP contribution is 2.10. The first kappa shape index (κ1) is 12.4. The van der Waals surface area contributed by atoms with Crippen molar-refractivity contribution in [2.45, 2.75) is 19.4 Å². The van der Waals surface area contributed by atoms with E-state index in [1.807, 2.05) is 32.8 Å². The molecule has 0 aromatic rings. The van der Waals surface area contributed by atoms with Crippen LogP contribution < -0.4 is 0 Å². The van der Waals surface area contributed by atoms with Crippen LogP contribution in [-0.2, 0) is 4.79 Å². The average molecular weight is 188 g/mol. The topological polar surface area (TPSA) is 43.8 Å². The minimum atomic E-state index is -0.479. The summed E-state index contributed by atoms with van der Waals surface area (Å²) in [5.74, 6) is 0.0176. The van der Waals surface area contributed by atoms with Gasteiger partial charge in [0, 0.05) is 7.05 Å². The molecule has 78 valence electrons. The largest absolute Gasteiger partial charge is 0.394 e. The fraction of sp³-hybridized carbons (Fsp3) is 0.889. The van der Waals surface area contributed by atoms with Gasteiger partial charge in [-0.1, -0.05) is 0 Å². The molecule has 0 aliphatic rings. The van der Waals surface area contributed by atoms with E-state index in [0.29, 0.717) is 6.54 Å². The fourth-order valence-electron chi connectivity index (χ4n) is 0.820. The molecule has 0 aromatic carbocycles. The second-order valence-corrected chi connectivity index (χ2v) is 4.16. The number of aliphatic hydroxyl groups excluding tert-OH is 1. The maximum absolute atomic E-state index is 11.5. The molecule has 0 atom stereocenters. The zero-order chi connectivity index (χ0) is 10.6. The Labute approximate surface area is 80.1 Å². The van der Waals surface area contributed by atoms with E-state index in [2.05, 4.69) is 0 Å². The maximum atomic E-state index is 11.5. The van der Waals surface area contributed by atoms with Crippen molar-refractivity contribution in [3.05, 3.63) is 0 Å². The van der Waals surface area contributed by atoms with Crippen molar-refractivity contribution >= 4 is 5.91 Å². The van der Waals surface area contributed by atoms with Gasteiger partial charge in [0.15, 0.2) is 0 Å². The Morgan fingerprint density at radius 2 is 1.77 bits per heavy atom. The maximum Gasteiger partial charge on any atom is 0.236 e. The van der Waals surface area contributed by atoms with Crippen LogP contribution in [-0.4, -0.2) is 60.6 Å². The standard InChI is InChI=1S/C9H20N2O2/c1-9(2,7-12)11(5)8(13)6-10(3)4/h12H,6-7H2,1-5H3. The second-order valence-electron chi connectivity index (χ2n) is 4.16. The normalized spacial score (nSPS) is 11.9. The van der Waals surface area contributed by atoms with E-state index >= 15 is 0 Å². The number of hydrogen-bond donors (Lipinski definition) is 1. The molecule has 0 spiro atoms. The van der Waals surface area contributed by atoms with Crippen molar-refractivity contribution in [3.63, 3.8) is 0 Å². The Kier molecular flexibility index (Phi) is 4.36. The molecule has 0 saturated carbocycles. The summed E-state index contributed by atoms with van der Waals surface area (Å²) in [5, 5.41) is 9.04. The quantitative estimate of drug-likeness (QED) is 0.663. The predicted octanol–water partition coefficient (Wildman–Crippen LogP) is -0.223. The number of nitrogens with zero attached hydrogens (tertiary/aromatic N) is 2. The van der Waals surface area contributed by atoms with Crippen molar-refractivity contribution in [2.24, 2.45) is 0 Å². The average Bonchev–Trinajstić information content (AvgIpc) is 2.01. The summed E-state index contributed by atoms with van der Waals surface area (Å²) in [6, 6.07) is 0. The van der Waals surface area contributed by atoms with Gasteiger partial charge in [-0.15, -0.1) is 0 Å². The lowest BCUT2D eigenvalue weighted by molar-refractivity contribution is -0.136. The lowest BCUT2D eigenvalue weighted by Gasteiger charge is -2.34. The Hall–Kier alpha value is -0.610. The van der Waals surface area contributed by atoms with Crippen LogP contribution in [0.1, 0.15) is 13.8 Å². The zero-order valence-electron chi connectivity index (χ0n) is 9.16.